The van der Waals surface area contributed by atoms with E-state index in [0.717, 1.165) is 22.3 Å². The highest BCUT2D eigenvalue weighted by Gasteiger charge is 2.53. The van der Waals surface area contributed by atoms with Crippen molar-refractivity contribution in [3.63, 3.8) is 0 Å². The van der Waals surface area contributed by atoms with Crippen molar-refractivity contribution in [2.45, 2.75) is 102 Å². The lowest BCUT2D eigenvalue weighted by Gasteiger charge is -2.31. The van der Waals surface area contributed by atoms with Crippen LogP contribution in [-0.2, 0) is 59.6 Å². The summed E-state index contributed by atoms with van der Waals surface area (Å²) in [4.78, 5) is 41.7. The molecular formula is C45H54N2O9. The number of benzene rings is 4. The Morgan fingerprint density at radius 3 is 1.61 bits per heavy atom. The molecule has 0 bridgehead atoms. The number of nitrogens with one attached hydrogen (secondary N) is 1. The fraction of sp³-hybridized carbons (Fsp3) is 0.400. The van der Waals surface area contributed by atoms with Crippen LogP contribution in [0.2, 0.25) is 0 Å². The van der Waals surface area contributed by atoms with Gasteiger partial charge in [0.1, 0.15) is 30.5 Å². The summed E-state index contributed by atoms with van der Waals surface area (Å²) in [6, 6.07) is 36.8. The molecule has 4 aromatic rings. The lowest BCUT2D eigenvalue weighted by atomic mass is 10.00. The topological polar surface area (TPSA) is 122 Å². The number of rotatable bonds is 18. The number of esters is 1. The third kappa shape index (κ3) is 12.9. The van der Waals surface area contributed by atoms with E-state index in [1.165, 1.54) is 7.11 Å². The van der Waals surface area contributed by atoms with E-state index in [2.05, 4.69) is 5.32 Å². The van der Waals surface area contributed by atoms with Gasteiger partial charge < -0.3 is 33.7 Å². The van der Waals surface area contributed by atoms with Gasteiger partial charge in [-0.25, -0.2) is 14.4 Å². The van der Waals surface area contributed by atoms with Gasteiger partial charge in [-0.15, -0.1) is 0 Å². The highest BCUT2D eigenvalue weighted by Crippen LogP contribution is 2.36. The van der Waals surface area contributed by atoms with Crippen LogP contribution in [0.1, 0.15) is 62.3 Å². The van der Waals surface area contributed by atoms with Crippen molar-refractivity contribution < 1.29 is 42.8 Å². The minimum atomic E-state index is -0.978. The second kappa shape index (κ2) is 21.2. The summed E-state index contributed by atoms with van der Waals surface area (Å²) in [6.45, 7) is 6.31. The number of nitrogens with zero attached hydrogens (tertiary/aromatic N) is 1. The van der Waals surface area contributed by atoms with Crippen LogP contribution >= 0.6 is 0 Å². The van der Waals surface area contributed by atoms with Crippen LogP contribution in [0.15, 0.2) is 121 Å². The monoisotopic (exact) mass is 766 g/mol. The number of methoxy groups -OCH3 is 1. The first-order chi connectivity index (χ1) is 27.1. The van der Waals surface area contributed by atoms with E-state index < -0.39 is 54.1 Å². The fourth-order valence-electron chi connectivity index (χ4n) is 6.73. The highest BCUT2D eigenvalue weighted by molar-refractivity contribution is 5.81. The Balaban J connectivity index is 1.46. The van der Waals surface area contributed by atoms with Gasteiger partial charge in [0.05, 0.1) is 45.6 Å². The third-order valence-electron chi connectivity index (χ3n) is 9.35. The molecule has 1 heterocycles. The molecule has 0 spiro atoms. The molecule has 4 aromatic carbocycles. The van der Waals surface area contributed by atoms with Crippen LogP contribution in [0.4, 0.5) is 9.59 Å². The van der Waals surface area contributed by atoms with Crippen LogP contribution in [0, 0.1) is 0 Å². The number of hydrogen-bond donors (Lipinski definition) is 1. The average molecular weight is 767 g/mol. The van der Waals surface area contributed by atoms with Crippen LogP contribution < -0.4 is 5.32 Å². The number of alkyl carbamates (subject to hydrolysis) is 1. The average Bonchev–Trinajstić information content (AvgIpc) is 3.49. The molecule has 298 valence electrons. The van der Waals surface area contributed by atoms with E-state index in [-0.39, 0.29) is 32.8 Å². The summed E-state index contributed by atoms with van der Waals surface area (Å²) >= 11 is 0. The van der Waals surface area contributed by atoms with E-state index >= 15 is 0 Å². The van der Waals surface area contributed by atoms with Gasteiger partial charge in [0.2, 0.25) is 0 Å². The second-order valence-electron chi connectivity index (χ2n) is 14.8. The molecule has 2 amide bonds. The van der Waals surface area contributed by atoms with Gasteiger partial charge in [-0.1, -0.05) is 121 Å². The maximum atomic E-state index is 14.4. The molecule has 11 nitrogen and oxygen atoms in total. The smallest absolute Gasteiger partial charge is 0.410 e. The van der Waals surface area contributed by atoms with Crippen molar-refractivity contribution in [1.29, 1.82) is 0 Å². The van der Waals surface area contributed by atoms with Gasteiger partial charge in [-0.2, -0.15) is 0 Å². The molecule has 1 fully saturated rings. The van der Waals surface area contributed by atoms with Crippen LogP contribution in [0.25, 0.3) is 0 Å². The Labute approximate surface area is 330 Å². The zero-order valence-corrected chi connectivity index (χ0v) is 32.7. The molecule has 1 aliphatic rings. The first kappa shape index (κ1) is 41.9. The molecule has 0 unspecified atom stereocenters. The lowest BCUT2D eigenvalue weighted by molar-refractivity contribution is -0.143. The molecule has 1 aliphatic heterocycles. The zero-order chi connectivity index (χ0) is 39.8. The van der Waals surface area contributed by atoms with E-state index in [9.17, 15) is 14.4 Å². The van der Waals surface area contributed by atoms with Crippen molar-refractivity contribution in [3.05, 3.63) is 144 Å². The summed E-state index contributed by atoms with van der Waals surface area (Å²) in [7, 11) is 1.27. The van der Waals surface area contributed by atoms with Gasteiger partial charge in [0.15, 0.2) is 0 Å². The number of ether oxygens (including phenoxy) is 6. The molecular weight excluding hydrogens is 712 g/mol. The Morgan fingerprint density at radius 2 is 1.12 bits per heavy atom. The first-order valence-electron chi connectivity index (χ1n) is 19.1. The molecule has 5 rings (SSSR count). The predicted molar refractivity (Wildman–Crippen MR) is 211 cm³/mol. The minimum Gasteiger partial charge on any atom is -0.467 e. The van der Waals surface area contributed by atoms with E-state index in [1.54, 1.807) is 25.7 Å². The van der Waals surface area contributed by atoms with Crippen molar-refractivity contribution in [1.82, 2.24) is 10.2 Å². The molecule has 0 saturated carbocycles. The Morgan fingerprint density at radius 1 is 0.661 bits per heavy atom. The minimum absolute atomic E-state index is 0.0653. The molecule has 5 atom stereocenters. The normalized spacial score (nSPS) is 18.5. The summed E-state index contributed by atoms with van der Waals surface area (Å²) in [5.41, 5.74) is 3.00. The van der Waals surface area contributed by atoms with Crippen molar-refractivity contribution in [3.8, 4) is 0 Å². The van der Waals surface area contributed by atoms with Gasteiger partial charge in [0, 0.05) is 0 Å². The molecule has 56 heavy (non-hydrogen) atoms. The van der Waals surface area contributed by atoms with E-state index in [0.29, 0.717) is 19.4 Å². The number of hydrogen-bond acceptors (Lipinski definition) is 9. The number of likely N-dealkylation sites (tertiary alicyclic amines) is 1. The lowest BCUT2D eigenvalue weighted by Crippen LogP contribution is -2.47. The van der Waals surface area contributed by atoms with Crippen LogP contribution in [0.5, 0.6) is 0 Å². The molecule has 1 saturated heterocycles. The first-order valence-corrected chi connectivity index (χ1v) is 19.1. The van der Waals surface area contributed by atoms with E-state index in [4.69, 9.17) is 28.4 Å². The Hall–Kier alpha value is -5.23. The van der Waals surface area contributed by atoms with Crippen molar-refractivity contribution in [2.24, 2.45) is 0 Å². The summed E-state index contributed by atoms with van der Waals surface area (Å²) in [5, 5.41) is 2.66. The van der Waals surface area contributed by atoms with Gasteiger partial charge in [0.25, 0.3) is 0 Å². The maximum Gasteiger partial charge on any atom is 0.410 e. The summed E-state index contributed by atoms with van der Waals surface area (Å²) < 4.78 is 36.4. The summed E-state index contributed by atoms with van der Waals surface area (Å²) in [6.07, 6.45) is -1.52. The number of carbonyl (C=O) groups excluding carboxylic acids is 3. The molecule has 0 aliphatic carbocycles. The maximum absolute atomic E-state index is 14.4. The highest BCUT2D eigenvalue weighted by atomic mass is 16.6. The largest absolute Gasteiger partial charge is 0.467 e. The standard InChI is InChI=1S/C45H54N2O9/c1-45(2,3)56-43(49)46-37(42(48)51-4)26-17-27-38-40(53-29-34-20-11-6-12-21-34)41(54-30-35-22-13-7-14-23-35)39(32-52-28-33-18-9-5-10-19-33)47(38)44(50)55-31-36-24-15-8-16-25-36/h5-16,18-25,37-41H,17,26-32H2,1-4H3,(H,46,49)/t37-,38+,39+,40+,41+/m0/s1. The molecule has 11 heteroatoms. The predicted octanol–water partition coefficient (Wildman–Crippen LogP) is 8.00. The van der Waals surface area contributed by atoms with Crippen LogP contribution in [0.3, 0.4) is 0 Å². The van der Waals surface area contributed by atoms with Gasteiger partial charge >= 0.3 is 18.2 Å². The molecule has 0 aromatic heterocycles. The van der Waals surface area contributed by atoms with Crippen molar-refractivity contribution >= 4 is 18.2 Å². The second-order valence-corrected chi connectivity index (χ2v) is 14.8. The zero-order valence-electron chi connectivity index (χ0n) is 32.7. The number of amides is 2. The van der Waals surface area contributed by atoms with Gasteiger partial charge in [-0.05, 0) is 62.3 Å². The quantitative estimate of drug-likeness (QED) is 0.0793. The SMILES string of the molecule is COC(=O)[C@H](CCC[C@@H]1[C@@H](OCc2ccccc2)[C@H](OCc2ccccc2)[C@@H](COCc2ccccc2)N1C(=O)OCc1ccccc1)NC(=O)OC(C)(C)C. The Bertz CT molecular complexity index is 1770. The molecule has 1 N–H and O–H groups in total. The fourth-order valence-corrected chi connectivity index (χ4v) is 6.73. The third-order valence-corrected chi connectivity index (χ3v) is 9.35. The van der Waals surface area contributed by atoms with Gasteiger partial charge in [-0.3, -0.25) is 4.90 Å². The molecule has 0 radical (unpaired) electrons. The Kier molecular flexibility index (Phi) is 15.9. The van der Waals surface area contributed by atoms with E-state index in [1.807, 2.05) is 121 Å². The van der Waals surface area contributed by atoms with Crippen LogP contribution in [-0.4, -0.2) is 72.7 Å². The van der Waals surface area contributed by atoms with Crippen molar-refractivity contribution in [2.75, 3.05) is 13.7 Å². The number of carbonyl (C=O) groups is 3. The summed E-state index contributed by atoms with van der Waals surface area (Å²) in [5.74, 6) is -0.602.